The standard InChI is InChI=1S/C11H21N3O3S/c1-10(9-18(3,15)16)13-11-12-5-7-14(11)6-4-8-17-2/h5,7,10H,4,6,8-9H2,1-3H3,(H,12,13). The first-order valence-corrected chi connectivity index (χ1v) is 7.93. The molecule has 104 valence electrons. The summed E-state index contributed by atoms with van der Waals surface area (Å²) in [5, 5.41) is 3.11. The van der Waals surface area contributed by atoms with E-state index in [2.05, 4.69) is 10.3 Å². The highest BCUT2D eigenvalue weighted by Crippen LogP contribution is 2.08. The average molecular weight is 275 g/mol. The second-order valence-corrected chi connectivity index (χ2v) is 6.61. The van der Waals surface area contributed by atoms with Gasteiger partial charge in [-0.3, -0.25) is 0 Å². The van der Waals surface area contributed by atoms with Gasteiger partial charge in [-0.15, -0.1) is 0 Å². The van der Waals surface area contributed by atoms with E-state index in [4.69, 9.17) is 4.74 Å². The van der Waals surface area contributed by atoms with Crippen LogP contribution in [0.25, 0.3) is 0 Å². The number of nitrogens with zero attached hydrogens (tertiary/aromatic N) is 2. The quantitative estimate of drug-likeness (QED) is 0.709. The van der Waals surface area contributed by atoms with Gasteiger partial charge in [-0.2, -0.15) is 0 Å². The summed E-state index contributed by atoms with van der Waals surface area (Å²) in [6, 6.07) is -0.163. The van der Waals surface area contributed by atoms with Crippen molar-refractivity contribution in [2.75, 3.05) is 31.0 Å². The van der Waals surface area contributed by atoms with Crippen LogP contribution < -0.4 is 5.32 Å². The number of imidazole rings is 1. The normalized spacial score (nSPS) is 13.5. The minimum Gasteiger partial charge on any atom is -0.385 e. The van der Waals surface area contributed by atoms with Crippen LogP contribution in [0.2, 0.25) is 0 Å². The summed E-state index contributed by atoms with van der Waals surface area (Å²) >= 11 is 0. The zero-order chi connectivity index (χ0) is 13.6. The van der Waals surface area contributed by atoms with Gasteiger partial charge in [0.2, 0.25) is 5.95 Å². The highest BCUT2D eigenvalue weighted by molar-refractivity contribution is 7.90. The average Bonchev–Trinajstić information content (AvgIpc) is 2.63. The number of hydrogen-bond acceptors (Lipinski definition) is 5. The molecule has 0 aromatic carbocycles. The Labute approximate surface area is 108 Å². The summed E-state index contributed by atoms with van der Waals surface area (Å²) in [7, 11) is -1.31. The van der Waals surface area contributed by atoms with Crippen LogP contribution in [-0.2, 0) is 21.1 Å². The second-order valence-electron chi connectivity index (χ2n) is 4.43. The maximum atomic E-state index is 11.2. The van der Waals surface area contributed by atoms with Crippen molar-refractivity contribution in [1.29, 1.82) is 0 Å². The van der Waals surface area contributed by atoms with E-state index in [9.17, 15) is 8.42 Å². The van der Waals surface area contributed by atoms with E-state index >= 15 is 0 Å². The summed E-state index contributed by atoms with van der Waals surface area (Å²) in [6.45, 7) is 3.31. The number of sulfone groups is 1. The number of aromatic nitrogens is 2. The molecule has 1 atom stereocenters. The van der Waals surface area contributed by atoms with E-state index in [1.807, 2.05) is 17.7 Å². The zero-order valence-electron chi connectivity index (χ0n) is 11.1. The SMILES string of the molecule is COCCCn1ccnc1NC(C)CS(C)(=O)=O. The molecule has 0 aliphatic carbocycles. The third kappa shape index (κ3) is 5.50. The van der Waals surface area contributed by atoms with Gasteiger partial charge in [-0.25, -0.2) is 13.4 Å². The van der Waals surface area contributed by atoms with Crippen molar-refractivity contribution in [2.24, 2.45) is 0 Å². The molecule has 0 saturated heterocycles. The zero-order valence-corrected chi connectivity index (χ0v) is 11.9. The molecule has 1 rings (SSSR count). The minimum absolute atomic E-state index is 0.0952. The monoisotopic (exact) mass is 275 g/mol. The Morgan fingerprint density at radius 1 is 1.56 bits per heavy atom. The molecule has 0 fully saturated rings. The second kappa shape index (κ2) is 6.75. The molecule has 18 heavy (non-hydrogen) atoms. The fourth-order valence-corrected chi connectivity index (χ4v) is 2.72. The smallest absolute Gasteiger partial charge is 0.203 e. The Morgan fingerprint density at radius 3 is 2.89 bits per heavy atom. The Morgan fingerprint density at radius 2 is 2.28 bits per heavy atom. The highest BCUT2D eigenvalue weighted by atomic mass is 32.2. The number of anilines is 1. The molecule has 1 heterocycles. The Bertz CT molecular complexity index is 456. The van der Waals surface area contributed by atoms with Gasteiger partial charge in [0.25, 0.3) is 0 Å². The van der Waals surface area contributed by atoms with Crippen molar-refractivity contribution in [3.63, 3.8) is 0 Å². The number of ether oxygens (including phenoxy) is 1. The van der Waals surface area contributed by atoms with Crippen LogP contribution in [0.4, 0.5) is 5.95 Å². The predicted molar refractivity (Wildman–Crippen MR) is 71.5 cm³/mol. The maximum Gasteiger partial charge on any atom is 0.203 e. The summed E-state index contributed by atoms with van der Waals surface area (Å²) in [5.74, 6) is 0.792. The molecule has 0 radical (unpaired) electrons. The molecule has 0 aliphatic heterocycles. The van der Waals surface area contributed by atoms with Crippen LogP contribution in [0.15, 0.2) is 12.4 Å². The molecule has 1 aromatic heterocycles. The fourth-order valence-electron chi connectivity index (χ4n) is 1.73. The van der Waals surface area contributed by atoms with Crippen molar-refractivity contribution in [3.05, 3.63) is 12.4 Å². The van der Waals surface area contributed by atoms with Crippen LogP contribution in [0.5, 0.6) is 0 Å². The number of hydrogen-bond donors (Lipinski definition) is 1. The molecule has 0 aliphatic rings. The van der Waals surface area contributed by atoms with E-state index in [-0.39, 0.29) is 11.8 Å². The number of nitrogens with one attached hydrogen (secondary N) is 1. The molecule has 0 saturated carbocycles. The molecule has 0 spiro atoms. The first-order valence-electron chi connectivity index (χ1n) is 5.86. The summed E-state index contributed by atoms with van der Waals surface area (Å²) in [5.41, 5.74) is 0. The largest absolute Gasteiger partial charge is 0.385 e. The van der Waals surface area contributed by atoms with Gasteiger partial charge in [0.05, 0.1) is 5.75 Å². The lowest BCUT2D eigenvalue weighted by Crippen LogP contribution is -2.26. The lowest BCUT2D eigenvalue weighted by molar-refractivity contribution is 0.190. The van der Waals surface area contributed by atoms with Gasteiger partial charge in [0.1, 0.15) is 9.84 Å². The third-order valence-electron chi connectivity index (χ3n) is 2.39. The van der Waals surface area contributed by atoms with Crippen molar-refractivity contribution in [3.8, 4) is 0 Å². The molecule has 1 N–H and O–H groups in total. The molecule has 7 heteroatoms. The first kappa shape index (κ1) is 15.0. The molecule has 0 amide bonds. The molecule has 0 bridgehead atoms. The van der Waals surface area contributed by atoms with Gasteiger partial charge in [-0.1, -0.05) is 0 Å². The Hall–Kier alpha value is -1.08. The maximum absolute atomic E-state index is 11.2. The lowest BCUT2D eigenvalue weighted by Gasteiger charge is -2.15. The topological polar surface area (TPSA) is 73.2 Å². The van der Waals surface area contributed by atoms with Gasteiger partial charge in [0.15, 0.2) is 0 Å². The lowest BCUT2D eigenvalue weighted by atomic mass is 10.4. The van der Waals surface area contributed by atoms with Crippen LogP contribution in [-0.4, -0.2) is 49.7 Å². The van der Waals surface area contributed by atoms with E-state index in [1.165, 1.54) is 6.26 Å². The number of aryl methyl sites for hydroxylation is 1. The van der Waals surface area contributed by atoms with Gasteiger partial charge >= 0.3 is 0 Å². The number of methoxy groups -OCH3 is 1. The van der Waals surface area contributed by atoms with Crippen molar-refractivity contribution < 1.29 is 13.2 Å². The Kier molecular flexibility index (Phi) is 5.61. The molecule has 1 unspecified atom stereocenters. The van der Waals surface area contributed by atoms with Crippen LogP contribution in [0, 0.1) is 0 Å². The highest BCUT2D eigenvalue weighted by Gasteiger charge is 2.12. The molecule has 1 aromatic rings. The van der Waals surface area contributed by atoms with Crippen LogP contribution >= 0.6 is 0 Å². The van der Waals surface area contributed by atoms with Crippen molar-refractivity contribution in [2.45, 2.75) is 25.9 Å². The summed E-state index contributed by atoms with van der Waals surface area (Å²) in [6.07, 6.45) is 5.69. The van der Waals surface area contributed by atoms with Gasteiger partial charge in [0, 0.05) is 45.0 Å². The summed E-state index contributed by atoms with van der Waals surface area (Å²) < 4.78 is 29.3. The van der Waals surface area contributed by atoms with Crippen molar-refractivity contribution in [1.82, 2.24) is 9.55 Å². The molecule has 6 nitrogen and oxygen atoms in total. The van der Waals surface area contributed by atoms with E-state index in [0.717, 1.165) is 13.0 Å². The van der Waals surface area contributed by atoms with Gasteiger partial charge < -0.3 is 14.6 Å². The number of rotatable bonds is 8. The molecular weight excluding hydrogens is 254 g/mol. The van der Waals surface area contributed by atoms with Crippen molar-refractivity contribution >= 4 is 15.8 Å². The molecular formula is C11H21N3O3S. The van der Waals surface area contributed by atoms with Crippen LogP contribution in [0.3, 0.4) is 0 Å². The van der Waals surface area contributed by atoms with E-state index in [0.29, 0.717) is 12.6 Å². The predicted octanol–water partition coefficient (Wildman–Crippen LogP) is 0.765. The first-order chi connectivity index (χ1) is 8.42. The minimum atomic E-state index is -2.98. The Balaban J connectivity index is 2.54. The fraction of sp³-hybridized carbons (Fsp3) is 0.727. The third-order valence-corrected chi connectivity index (χ3v) is 3.50. The summed E-state index contributed by atoms with van der Waals surface area (Å²) in [4.78, 5) is 4.18. The van der Waals surface area contributed by atoms with Gasteiger partial charge in [-0.05, 0) is 13.3 Å². The van der Waals surface area contributed by atoms with E-state index < -0.39 is 9.84 Å². The van der Waals surface area contributed by atoms with Crippen LogP contribution in [0.1, 0.15) is 13.3 Å². The van der Waals surface area contributed by atoms with E-state index in [1.54, 1.807) is 13.3 Å².